The van der Waals surface area contributed by atoms with Crippen LogP contribution in [0.1, 0.15) is 36.2 Å². The Hall–Kier alpha value is -1.29. The van der Waals surface area contributed by atoms with Crippen molar-refractivity contribution in [1.82, 2.24) is 5.32 Å². The quantitative estimate of drug-likeness (QED) is 0.817. The number of hydrogen-bond acceptors (Lipinski definition) is 3. The van der Waals surface area contributed by atoms with Crippen molar-refractivity contribution in [2.45, 2.75) is 31.7 Å². The minimum absolute atomic E-state index is 0.141. The van der Waals surface area contributed by atoms with Crippen LogP contribution in [0.2, 0.25) is 0 Å². The molecule has 0 radical (unpaired) electrons. The van der Waals surface area contributed by atoms with Gasteiger partial charge >= 0.3 is 0 Å². The Morgan fingerprint density at radius 3 is 2.75 bits per heavy atom. The minimum Gasteiger partial charge on any atom is -0.459 e. The zero-order chi connectivity index (χ0) is 11.4. The second-order valence-electron chi connectivity index (χ2n) is 4.35. The molecule has 1 heterocycles. The number of rotatable bonds is 3. The van der Waals surface area contributed by atoms with Crippen LogP contribution in [0.25, 0.3) is 0 Å². The van der Waals surface area contributed by atoms with E-state index in [9.17, 15) is 4.79 Å². The summed E-state index contributed by atoms with van der Waals surface area (Å²) in [4.78, 5) is 11.7. The number of aliphatic hydroxyl groups is 1. The summed E-state index contributed by atoms with van der Waals surface area (Å²) in [5.41, 5.74) is 0. The standard InChI is InChI=1S/C12H17NO3/c14-8-9-3-5-10(6-4-9)13-12(15)11-2-1-7-16-11/h1-2,7,9-10,14H,3-6,8H2,(H,13,15). The van der Waals surface area contributed by atoms with Crippen molar-refractivity contribution in [3.63, 3.8) is 0 Å². The van der Waals surface area contributed by atoms with E-state index in [2.05, 4.69) is 5.32 Å². The fraction of sp³-hybridized carbons (Fsp3) is 0.583. The smallest absolute Gasteiger partial charge is 0.287 e. The Balaban J connectivity index is 1.81. The first-order chi connectivity index (χ1) is 7.79. The predicted octanol–water partition coefficient (Wildman–Crippen LogP) is 1.56. The van der Waals surface area contributed by atoms with Crippen molar-refractivity contribution in [2.24, 2.45) is 5.92 Å². The van der Waals surface area contributed by atoms with Gasteiger partial charge in [0, 0.05) is 12.6 Å². The average molecular weight is 223 g/mol. The number of nitrogens with one attached hydrogen (secondary N) is 1. The van der Waals surface area contributed by atoms with E-state index >= 15 is 0 Å². The molecule has 0 saturated heterocycles. The summed E-state index contributed by atoms with van der Waals surface area (Å²) in [6, 6.07) is 3.59. The number of amides is 1. The normalized spacial score (nSPS) is 25.3. The van der Waals surface area contributed by atoms with E-state index in [1.165, 1.54) is 6.26 Å². The van der Waals surface area contributed by atoms with E-state index in [-0.39, 0.29) is 18.6 Å². The summed E-state index contributed by atoms with van der Waals surface area (Å²) in [6.45, 7) is 0.263. The lowest BCUT2D eigenvalue weighted by Gasteiger charge is -2.27. The molecule has 2 rings (SSSR count). The van der Waals surface area contributed by atoms with Crippen LogP contribution in [-0.2, 0) is 0 Å². The zero-order valence-electron chi connectivity index (χ0n) is 9.19. The summed E-state index contributed by atoms with van der Waals surface area (Å²) >= 11 is 0. The Kier molecular flexibility index (Phi) is 3.62. The molecule has 1 amide bonds. The van der Waals surface area contributed by atoms with Gasteiger partial charge < -0.3 is 14.8 Å². The van der Waals surface area contributed by atoms with Gasteiger partial charge in [0.05, 0.1) is 6.26 Å². The third kappa shape index (κ3) is 2.64. The van der Waals surface area contributed by atoms with E-state index in [0.29, 0.717) is 11.7 Å². The first-order valence-corrected chi connectivity index (χ1v) is 5.75. The molecule has 0 unspecified atom stereocenters. The lowest BCUT2D eigenvalue weighted by Crippen LogP contribution is -2.37. The fourth-order valence-corrected chi connectivity index (χ4v) is 2.15. The number of carbonyl (C=O) groups is 1. The van der Waals surface area contributed by atoms with Crippen LogP contribution in [0, 0.1) is 5.92 Å². The highest BCUT2D eigenvalue weighted by molar-refractivity contribution is 5.91. The molecule has 2 N–H and O–H groups in total. The zero-order valence-corrected chi connectivity index (χ0v) is 9.19. The van der Waals surface area contributed by atoms with E-state index in [1.807, 2.05) is 0 Å². The van der Waals surface area contributed by atoms with Crippen molar-refractivity contribution >= 4 is 5.91 Å². The molecule has 4 nitrogen and oxygen atoms in total. The van der Waals surface area contributed by atoms with Crippen LogP contribution in [0.3, 0.4) is 0 Å². The van der Waals surface area contributed by atoms with Gasteiger partial charge in [0.2, 0.25) is 0 Å². The monoisotopic (exact) mass is 223 g/mol. The molecule has 1 saturated carbocycles. The predicted molar refractivity (Wildman–Crippen MR) is 59.0 cm³/mol. The third-order valence-corrected chi connectivity index (χ3v) is 3.19. The van der Waals surface area contributed by atoms with Crippen molar-refractivity contribution in [3.05, 3.63) is 24.2 Å². The molecular formula is C12H17NO3. The number of furan rings is 1. The van der Waals surface area contributed by atoms with E-state index in [1.54, 1.807) is 12.1 Å². The average Bonchev–Trinajstić information content (AvgIpc) is 2.83. The maximum Gasteiger partial charge on any atom is 0.287 e. The van der Waals surface area contributed by atoms with Crippen molar-refractivity contribution < 1.29 is 14.3 Å². The van der Waals surface area contributed by atoms with Crippen LogP contribution in [0.4, 0.5) is 0 Å². The van der Waals surface area contributed by atoms with E-state index in [4.69, 9.17) is 9.52 Å². The molecule has 4 heteroatoms. The molecule has 16 heavy (non-hydrogen) atoms. The van der Waals surface area contributed by atoms with Crippen LogP contribution >= 0.6 is 0 Å². The first kappa shape index (κ1) is 11.2. The molecule has 0 aliphatic heterocycles. The second kappa shape index (κ2) is 5.16. The van der Waals surface area contributed by atoms with Crippen LogP contribution < -0.4 is 5.32 Å². The van der Waals surface area contributed by atoms with Gasteiger partial charge in [-0.2, -0.15) is 0 Å². The first-order valence-electron chi connectivity index (χ1n) is 5.75. The number of aliphatic hydroxyl groups excluding tert-OH is 1. The number of carbonyl (C=O) groups excluding carboxylic acids is 1. The van der Waals surface area contributed by atoms with Gasteiger partial charge in [0.15, 0.2) is 5.76 Å². The van der Waals surface area contributed by atoms with Crippen molar-refractivity contribution in [2.75, 3.05) is 6.61 Å². The summed E-state index contributed by atoms with van der Waals surface area (Å²) in [7, 11) is 0. The summed E-state index contributed by atoms with van der Waals surface area (Å²) in [5.74, 6) is 0.637. The Morgan fingerprint density at radius 2 is 2.19 bits per heavy atom. The van der Waals surface area contributed by atoms with Gasteiger partial charge in [0.1, 0.15) is 0 Å². The van der Waals surface area contributed by atoms with E-state index in [0.717, 1.165) is 25.7 Å². The largest absolute Gasteiger partial charge is 0.459 e. The molecule has 1 fully saturated rings. The van der Waals surface area contributed by atoms with Gasteiger partial charge in [-0.3, -0.25) is 4.79 Å². The molecule has 1 aliphatic rings. The van der Waals surface area contributed by atoms with Crippen molar-refractivity contribution in [1.29, 1.82) is 0 Å². The fourth-order valence-electron chi connectivity index (χ4n) is 2.15. The van der Waals surface area contributed by atoms with Gasteiger partial charge in [-0.1, -0.05) is 0 Å². The highest BCUT2D eigenvalue weighted by Crippen LogP contribution is 2.23. The molecule has 0 atom stereocenters. The third-order valence-electron chi connectivity index (χ3n) is 3.19. The van der Waals surface area contributed by atoms with Gasteiger partial charge in [-0.25, -0.2) is 0 Å². The minimum atomic E-state index is -0.141. The van der Waals surface area contributed by atoms with Gasteiger partial charge in [-0.15, -0.1) is 0 Å². The summed E-state index contributed by atoms with van der Waals surface area (Å²) in [6.07, 6.45) is 5.35. The Morgan fingerprint density at radius 1 is 1.44 bits per heavy atom. The van der Waals surface area contributed by atoms with Crippen LogP contribution in [-0.4, -0.2) is 23.7 Å². The molecule has 88 valence electrons. The lowest BCUT2D eigenvalue weighted by molar-refractivity contribution is 0.0886. The SMILES string of the molecule is O=C(NC1CCC(CO)CC1)c1ccco1. The van der Waals surface area contributed by atoms with Gasteiger partial charge in [0.25, 0.3) is 5.91 Å². The maximum atomic E-state index is 11.7. The molecule has 1 aromatic heterocycles. The summed E-state index contributed by atoms with van der Waals surface area (Å²) < 4.78 is 5.03. The van der Waals surface area contributed by atoms with Crippen molar-refractivity contribution in [3.8, 4) is 0 Å². The molecule has 0 spiro atoms. The number of hydrogen-bond donors (Lipinski definition) is 2. The topological polar surface area (TPSA) is 62.5 Å². The molecule has 1 aromatic rings. The lowest BCUT2D eigenvalue weighted by atomic mass is 9.86. The maximum absolute atomic E-state index is 11.7. The molecular weight excluding hydrogens is 206 g/mol. The van der Waals surface area contributed by atoms with Crippen LogP contribution in [0.15, 0.2) is 22.8 Å². The highest BCUT2D eigenvalue weighted by Gasteiger charge is 2.22. The molecule has 0 aromatic carbocycles. The van der Waals surface area contributed by atoms with Gasteiger partial charge in [-0.05, 0) is 43.7 Å². The van der Waals surface area contributed by atoms with E-state index < -0.39 is 0 Å². The Labute approximate surface area is 94.6 Å². The summed E-state index contributed by atoms with van der Waals surface area (Å²) in [5, 5.41) is 12.0. The Bertz CT molecular complexity index is 326. The molecule has 1 aliphatic carbocycles. The molecule has 0 bridgehead atoms. The highest BCUT2D eigenvalue weighted by atomic mass is 16.3. The second-order valence-corrected chi connectivity index (χ2v) is 4.35. The van der Waals surface area contributed by atoms with Crippen LogP contribution in [0.5, 0.6) is 0 Å².